The van der Waals surface area contributed by atoms with Crippen LogP contribution in [0.3, 0.4) is 0 Å². The number of ether oxygens (including phenoxy) is 3. The highest BCUT2D eigenvalue weighted by atomic mass is 35.5. The lowest BCUT2D eigenvalue weighted by molar-refractivity contribution is -0.165. The number of hydrogen-bond donors (Lipinski definition) is 1. The monoisotopic (exact) mass is 326 g/mol. The van der Waals surface area contributed by atoms with Crippen LogP contribution in [-0.2, 0) is 4.74 Å². The van der Waals surface area contributed by atoms with Crippen LogP contribution in [0.25, 0.3) is 0 Å². The fourth-order valence-electron chi connectivity index (χ4n) is 2.53. The van der Waals surface area contributed by atoms with E-state index in [0.29, 0.717) is 19.0 Å². The Hall–Kier alpha value is -1.46. The number of para-hydroxylation sites is 2. The Labute approximate surface area is 137 Å². The molecule has 1 N–H and O–H groups in total. The highest BCUT2D eigenvalue weighted by Gasteiger charge is 2.45. The fraction of sp³-hybridized carbons (Fsp3) is 0.562. The van der Waals surface area contributed by atoms with E-state index in [0.717, 1.165) is 43.9 Å². The smallest absolute Gasteiger partial charge is 0.304 e. The zero-order chi connectivity index (χ0) is 14.5. The molecule has 0 saturated heterocycles. The first-order valence-corrected chi connectivity index (χ1v) is 7.68. The van der Waals surface area contributed by atoms with Crippen LogP contribution in [0.1, 0.15) is 26.2 Å². The van der Waals surface area contributed by atoms with E-state index in [-0.39, 0.29) is 12.4 Å². The van der Waals surface area contributed by atoms with E-state index in [9.17, 15) is 0 Å². The number of unbranched alkanes of at least 4 members (excludes halogenated alkanes) is 2. The van der Waals surface area contributed by atoms with Crippen molar-refractivity contribution in [2.45, 2.75) is 32.0 Å². The van der Waals surface area contributed by atoms with Gasteiger partial charge in [0.2, 0.25) is 0 Å². The minimum atomic E-state index is -0.932. The van der Waals surface area contributed by atoms with Gasteiger partial charge in [-0.05, 0) is 18.6 Å². The molecular weight excluding hydrogens is 304 g/mol. The van der Waals surface area contributed by atoms with Crippen molar-refractivity contribution >= 4 is 18.2 Å². The van der Waals surface area contributed by atoms with Crippen molar-refractivity contribution in [2.75, 3.05) is 26.3 Å². The number of hydrogen-bond acceptors (Lipinski definition) is 5. The molecule has 0 fully saturated rings. The second-order valence-corrected chi connectivity index (χ2v) is 5.30. The van der Waals surface area contributed by atoms with Gasteiger partial charge in [-0.25, -0.2) is 0 Å². The van der Waals surface area contributed by atoms with Gasteiger partial charge < -0.3 is 19.5 Å². The van der Waals surface area contributed by atoms with Gasteiger partial charge in [-0.15, -0.1) is 12.4 Å². The minimum absolute atomic E-state index is 0. The van der Waals surface area contributed by atoms with Crippen LogP contribution < -0.4 is 14.8 Å². The lowest BCUT2D eigenvalue weighted by Crippen LogP contribution is -2.57. The van der Waals surface area contributed by atoms with Crippen molar-refractivity contribution in [2.24, 2.45) is 4.99 Å². The number of fused-ring (bicyclic) bond motifs is 1. The van der Waals surface area contributed by atoms with Crippen molar-refractivity contribution in [3.05, 3.63) is 24.3 Å². The second-order valence-electron chi connectivity index (χ2n) is 5.30. The molecule has 2 aliphatic rings. The standard InChI is InChI=1S/C16H22N2O3.ClH/c1-2-3-6-11-20-16(15-17-9-10-18-15)12-19-13-7-4-5-8-14(13)21-16;/h4-5,7-8H,2-3,6,9-12H2,1H3,(H,17,18);1H. The Bertz CT molecular complexity index is 524. The molecule has 1 aromatic rings. The summed E-state index contributed by atoms with van der Waals surface area (Å²) in [5.41, 5.74) is 0. The summed E-state index contributed by atoms with van der Waals surface area (Å²) in [5, 5.41) is 3.26. The van der Waals surface area contributed by atoms with Gasteiger partial charge in [0.05, 0.1) is 13.2 Å². The van der Waals surface area contributed by atoms with Gasteiger partial charge in [0.15, 0.2) is 23.9 Å². The molecule has 6 heteroatoms. The summed E-state index contributed by atoms with van der Waals surface area (Å²) in [6.45, 7) is 4.71. The molecule has 22 heavy (non-hydrogen) atoms. The van der Waals surface area contributed by atoms with Crippen LogP contribution in [0.2, 0.25) is 0 Å². The minimum Gasteiger partial charge on any atom is -0.482 e. The summed E-state index contributed by atoms with van der Waals surface area (Å²) in [7, 11) is 0. The predicted octanol–water partition coefficient (Wildman–Crippen LogP) is 2.78. The largest absolute Gasteiger partial charge is 0.482 e. The highest BCUT2D eigenvalue weighted by molar-refractivity contribution is 5.91. The number of nitrogens with zero attached hydrogens (tertiary/aromatic N) is 1. The van der Waals surface area contributed by atoms with E-state index in [1.807, 2.05) is 24.3 Å². The third-order valence-corrected chi connectivity index (χ3v) is 3.66. The molecule has 122 valence electrons. The Morgan fingerprint density at radius 1 is 1.27 bits per heavy atom. The van der Waals surface area contributed by atoms with Gasteiger partial charge in [0.1, 0.15) is 0 Å². The van der Waals surface area contributed by atoms with Crippen LogP contribution in [0, 0.1) is 0 Å². The van der Waals surface area contributed by atoms with Gasteiger partial charge in [0, 0.05) is 6.54 Å². The molecule has 1 atom stereocenters. The first kappa shape index (κ1) is 16.9. The molecule has 0 amide bonds. The summed E-state index contributed by atoms with van der Waals surface area (Å²) in [6.07, 6.45) is 3.32. The predicted molar refractivity (Wildman–Crippen MR) is 88.3 cm³/mol. The molecule has 5 nitrogen and oxygen atoms in total. The molecule has 0 radical (unpaired) electrons. The number of rotatable bonds is 6. The van der Waals surface area contributed by atoms with Crippen LogP contribution in [0.4, 0.5) is 0 Å². The van der Waals surface area contributed by atoms with E-state index in [1.54, 1.807) is 0 Å². The van der Waals surface area contributed by atoms with Crippen molar-refractivity contribution in [3.8, 4) is 11.5 Å². The molecular formula is C16H23ClN2O3. The first-order valence-electron chi connectivity index (χ1n) is 7.68. The van der Waals surface area contributed by atoms with Gasteiger partial charge in [-0.1, -0.05) is 31.9 Å². The molecule has 0 saturated carbocycles. The average Bonchev–Trinajstić information content (AvgIpc) is 3.06. The van der Waals surface area contributed by atoms with Gasteiger partial charge in [0.25, 0.3) is 0 Å². The number of amidine groups is 1. The molecule has 3 rings (SSSR count). The lowest BCUT2D eigenvalue weighted by atomic mass is 10.2. The quantitative estimate of drug-likeness (QED) is 0.817. The Morgan fingerprint density at radius 2 is 2.09 bits per heavy atom. The molecule has 0 spiro atoms. The SMILES string of the molecule is CCCCCOC1(C2=NCCN2)COc2ccccc2O1.Cl. The summed E-state index contributed by atoms with van der Waals surface area (Å²) in [6, 6.07) is 7.66. The first-order chi connectivity index (χ1) is 10.3. The average molecular weight is 327 g/mol. The van der Waals surface area contributed by atoms with Crippen LogP contribution in [0.15, 0.2) is 29.3 Å². The van der Waals surface area contributed by atoms with E-state index < -0.39 is 5.79 Å². The maximum atomic E-state index is 6.14. The van der Waals surface area contributed by atoms with Crippen LogP contribution in [0.5, 0.6) is 11.5 Å². The lowest BCUT2D eigenvalue weighted by Gasteiger charge is -2.37. The topological polar surface area (TPSA) is 52.1 Å². The normalized spacial score (nSPS) is 22.5. The molecule has 0 aromatic heterocycles. The van der Waals surface area contributed by atoms with Crippen molar-refractivity contribution in [1.82, 2.24) is 5.32 Å². The third-order valence-electron chi connectivity index (χ3n) is 3.66. The van der Waals surface area contributed by atoms with E-state index in [4.69, 9.17) is 14.2 Å². The Kier molecular flexibility index (Phi) is 5.91. The Morgan fingerprint density at radius 3 is 2.82 bits per heavy atom. The summed E-state index contributed by atoms with van der Waals surface area (Å²) in [4.78, 5) is 4.48. The van der Waals surface area contributed by atoms with E-state index >= 15 is 0 Å². The number of nitrogens with one attached hydrogen (secondary N) is 1. The molecule has 0 aliphatic carbocycles. The maximum Gasteiger partial charge on any atom is 0.304 e. The number of halogens is 1. The van der Waals surface area contributed by atoms with Crippen molar-refractivity contribution < 1.29 is 14.2 Å². The van der Waals surface area contributed by atoms with E-state index in [2.05, 4.69) is 17.2 Å². The maximum absolute atomic E-state index is 6.14. The molecule has 2 heterocycles. The summed E-state index contributed by atoms with van der Waals surface area (Å²) < 4.78 is 18.1. The molecule has 2 aliphatic heterocycles. The summed E-state index contributed by atoms with van der Waals surface area (Å²) >= 11 is 0. The molecule has 1 unspecified atom stereocenters. The Balaban J connectivity index is 0.00000176. The zero-order valence-electron chi connectivity index (χ0n) is 12.8. The van der Waals surface area contributed by atoms with Gasteiger partial charge in [-0.3, -0.25) is 4.99 Å². The summed E-state index contributed by atoms with van der Waals surface area (Å²) in [5.74, 6) is 1.27. The zero-order valence-corrected chi connectivity index (χ0v) is 13.7. The third kappa shape index (κ3) is 3.47. The number of benzene rings is 1. The van der Waals surface area contributed by atoms with Gasteiger partial charge in [-0.2, -0.15) is 0 Å². The highest BCUT2D eigenvalue weighted by Crippen LogP contribution is 2.36. The van der Waals surface area contributed by atoms with Crippen LogP contribution in [-0.4, -0.2) is 37.9 Å². The number of aliphatic imine (C=N–C) groups is 1. The van der Waals surface area contributed by atoms with Gasteiger partial charge >= 0.3 is 5.79 Å². The van der Waals surface area contributed by atoms with Crippen molar-refractivity contribution in [1.29, 1.82) is 0 Å². The van der Waals surface area contributed by atoms with E-state index in [1.165, 1.54) is 0 Å². The second kappa shape index (κ2) is 7.70. The molecule has 1 aromatic carbocycles. The fourth-order valence-corrected chi connectivity index (χ4v) is 2.53. The van der Waals surface area contributed by atoms with Crippen molar-refractivity contribution in [3.63, 3.8) is 0 Å². The van der Waals surface area contributed by atoms with Crippen LogP contribution >= 0.6 is 12.4 Å². The molecule has 0 bridgehead atoms.